The highest BCUT2D eigenvalue weighted by atomic mass is 32.2. The maximum absolute atomic E-state index is 13.7. The second-order valence-electron chi connectivity index (χ2n) is 7.34. The van der Waals surface area contributed by atoms with Crippen LogP contribution in [-0.2, 0) is 16.6 Å². The van der Waals surface area contributed by atoms with E-state index in [1.165, 1.54) is 47.4 Å². The van der Waals surface area contributed by atoms with E-state index in [9.17, 15) is 17.6 Å². The largest absolute Gasteiger partial charge is 0.570 e. The fraction of sp³-hybridized carbons (Fsp3) is 0.227. The molecule has 9 heteroatoms. The Labute approximate surface area is 180 Å². The van der Waals surface area contributed by atoms with Gasteiger partial charge in [0.15, 0.2) is 5.76 Å². The Bertz CT molecular complexity index is 1140. The van der Waals surface area contributed by atoms with Crippen molar-refractivity contribution in [2.75, 3.05) is 26.2 Å². The molecule has 1 aliphatic rings. The Morgan fingerprint density at radius 1 is 1.03 bits per heavy atom. The van der Waals surface area contributed by atoms with Crippen LogP contribution in [-0.4, -0.2) is 45.4 Å². The van der Waals surface area contributed by atoms with Crippen molar-refractivity contribution in [3.8, 4) is 0 Å². The third-order valence-electron chi connectivity index (χ3n) is 5.23. The van der Waals surface area contributed by atoms with Gasteiger partial charge in [-0.1, -0.05) is 23.9 Å². The van der Waals surface area contributed by atoms with Crippen LogP contribution >= 0.6 is 0 Å². The minimum Gasteiger partial charge on any atom is -0.570 e. The Morgan fingerprint density at radius 2 is 1.74 bits per heavy atom. The minimum absolute atomic E-state index is 0.0972. The number of piperazine rings is 1. The van der Waals surface area contributed by atoms with E-state index in [0.717, 1.165) is 31.5 Å². The molecule has 1 N–H and O–H groups in total. The molecule has 0 atom stereocenters. The summed E-state index contributed by atoms with van der Waals surface area (Å²) in [5.41, 5.74) is 0.150. The lowest BCUT2D eigenvalue weighted by atomic mass is 10.2. The second kappa shape index (κ2) is 8.91. The fourth-order valence-electron chi connectivity index (χ4n) is 3.52. The first-order chi connectivity index (χ1) is 14.9. The zero-order chi connectivity index (χ0) is 21.8. The average Bonchev–Trinajstić information content (AvgIpc) is 3.28. The van der Waals surface area contributed by atoms with Gasteiger partial charge in [0.05, 0.1) is 37.3 Å². The van der Waals surface area contributed by atoms with Crippen LogP contribution < -0.4 is 4.90 Å². The van der Waals surface area contributed by atoms with E-state index in [-0.39, 0.29) is 16.5 Å². The molecule has 0 bridgehead atoms. The minimum atomic E-state index is -4.09. The topological polar surface area (TPSA) is 86.1 Å². The molecule has 1 fully saturated rings. The van der Waals surface area contributed by atoms with Crippen LogP contribution in [0.4, 0.5) is 10.1 Å². The molecule has 3 aromatic rings. The molecule has 1 aliphatic heterocycles. The molecule has 0 saturated carbocycles. The summed E-state index contributed by atoms with van der Waals surface area (Å²) in [6.07, 6.45) is 1.65. The molecule has 7 nitrogen and oxygen atoms in total. The highest BCUT2D eigenvalue weighted by Gasteiger charge is 2.25. The van der Waals surface area contributed by atoms with E-state index < -0.39 is 15.8 Å². The van der Waals surface area contributed by atoms with Crippen molar-refractivity contribution in [1.29, 1.82) is 0 Å². The van der Waals surface area contributed by atoms with Gasteiger partial charge >= 0.3 is 0 Å². The summed E-state index contributed by atoms with van der Waals surface area (Å²) in [6, 6.07) is 14.8. The second-order valence-corrected chi connectivity index (χ2v) is 8.94. The van der Waals surface area contributed by atoms with Gasteiger partial charge in [-0.25, -0.2) is 12.8 Å². The van der Waals surface area contributed by atoms with Crippen LogP contribution in [0.25, 0.3) is 4.72 Å². The molecule has 1 saturated heterocycles. The number of halogens is 1. The van der Waals surface area contributed by atoms with Crippen molar-refractivity contribution in [3.05, 3.63) is 88.8 Å². The monoisotopic (exact) mass is 443 g/mol. The van der Waals surface area contributed by atoms with Crippen LogP contribution in [0.5, 0.6) is 0 Å². The number of nitrogens with zero attached hydrogens (tertiary/aromatic N) is 2. The molecule has 1 amide bonds. The van der Waals surface area contributed by atoms with Crippen molar-refractivity contribution >= 4 is 21.6 Å². The summed E-state index contributed by atoms with van der Waals surface area (Å²) >= 11 is 0. The van der Waals surface area contributed by atoms with Crippen molar-refractivity contribution in [3.63, 3.8) is 0 Å². The first-order valence-corrected chi connectivity index (χ1v) is 11.3. The Kier molecular flexibility index (Phi) is 6.06. The summed E-state index contributed by atoms with van der Waals surface area (Å²) in [5.74, 6) is 0.0607. The number of sulfonamides is 1. The number of carbonyl (C=O) groups excluding carboxylic acids is 1. The molecule has 162 valence electrons. The van der Waals surface area contributed by atoms with Crippen molar-refractivity contribution < 1.29 is 26.9 Å². The van der Waals surface area contributed by atoms with Crippen molar-refractivity contribution in [2.45, 2.75) is 11.4 Å². The number of carbonyl (C=O) groups is 1. The maximum atomic E-state index is 13.7. The molecule has 1 aromatic heterocycles. The van der Waals surface area contributed by atoms with Crippen LogP contribution in [0.1, 0.15) is 16.1 Å². The van der Waals surface area contributed by atoms with Crippen LogP contribution in [0.3, 0.4) is 0 Å². The summed E-state index contributed by atoms with van der Waals surface area (Å²) in [4.78, 5) is 15.8. The quantitative estimate of drug-likeness (QED) is 0.634. The van der Waals surface area contributed by atoms with E-state index in [0.29, 0.717) is 18.7 Å². The fourth-order valence-corrected chi connectivity index (χ4v) is 4.51. The molecule has 31 heavy (non-hydrogen) atoms. The number of benzene rings is 2. The lowest BCUT2D eigenvalue weighted by Gasteiger charge is -2.32. The Hall–Kier alpha value is -3.17. The lowest BCUT2D eigenvalue weighted by Crippen LogP contribution is -3.13. The van der Waals surface area contributed by atoms with Gasteiger partial charge in [-0.3, -0.25) is 4.79 Å². The smallest absolute Gasteiger partial charge is 0.254 e. The van der Waals surface area contributed by atoms with E-state index in [4.69, 9.17) is 4.42 Å². The van der Waals surface area contributed by atoms with Crippen LogP contribution in [0.15, 0.2) is 76.2 Å². The summed E-state index contributed by atoms with van der Waals surface area (Å²) < 4.78 is 47.6. The summed E-state index contributed by atoms with van der Waals surface area (Å²) in [5, 5.41) is 0. The highest BCUT2D eigenvalue weighted by molar-refractivity contribution is 7.94. The zero-order valence-electron chi connectivity index (χ0n) is 16.7. The van der Waals surface area contributed by atoms with Gasteiger partial charge in [-0.05, 0) is 42.5 Å². The molecular weight excluding hydrogens is 421 g/mol. The number of hydrogen-bond donors (Lipinski definition) is 1. The lowest BCUT2D eigenvalue weighted by molar-refractivity contribution is -0.918. The van der Waals surface area contributed by atoms with E-state index >= 15 is 0 Å². The highest BCUT2D eigenvalue weighted by Crippen LogP contribution is 2.29. The van der Waals surface area contributed by atoms with E-state index in [2.05, 4.69) is 4.72 Å². The van der Waals surface area contributed by atoms with Crippen molar-refractivity contribution in [1.82, 2.24) is 4.90 Å². The SMILES string of the molecule is O=C(c1ccc(S(=O)(=O)[N-]c2ccccc2F)cc1)N1CC[NH+](Cc2ccco2)CC1. The molecule has 0 radical (unpaired) electrons. The van der Waals surface area contributed by atoms with Gasteiger partial charge in [-0.15, -0.1) is 0 Å². The number of rotatable bonds is 6. The molecule has 2 aromatic carbocycles. The number of nitrogens with one attached hydrogen (secondary N) is 1. The first kappa shape index (κ1) is 21.1. The standard InChI is InChI=1S/C22H21FN3O4S/c23-20-5-1-2-6-21(20)24-31(28,29)19-9-7-17(8-10-19)22(27)26-13-11-25(12-14-26)16-18-4-3-15-30-18/h1-10,15H,11-14,16H2/q-1/p+1. The average molecular weight is 444 g/mol. The van der Waals surface area contributed by atoms with Crippen LogP contribution in [0.2, 0.25) is 0 Å². The van der Waals surface area contributed by atoms with Gasteiger partial charge in [0.25, 0.3) is 5.91 Å². The number of quaternary nitrogens is 1. The molecule has 0 unspecified atom stereocenters. The Balaban J connectivity index is 1.37. The van der Waals surface area contributed by atoms with Gasteiger partial charge < -0.3 is 18.9 Å². The van der Waals surface area contributed by atoms with Crippen LogP contribution in [0, 0.1) is 5.82 Å². The predicted octanol–water partition coefficient (Wildman–Crippen LogP) is 2.35. The molecule has 0 spiro atoms. The van der Waals surface area contributed by atoms with Gasteiger partial charge in [0.1, 0.15) is 22.4 Å². The zero-order valence-corrected chi connectivity index (χ0v) is 17.5. The maximum Gasteiger partial charge on any atom is 0.254 e. The van der Waals surface area contributed by atoms with Gasteiger partial charge in [-0.2, -0.15) is 0 Å². The van der Waals surface area contributed by atoms with E-state index in [1.807, 2.05) is 12.1 Å². The van der Waals surface area contributed by atoms with Crippen molar-refractivity contribution in [2.24, 2.45) is 0 Å². The summed E-state index contributed by atoms with van der Waals surface area (Å²) in [7, 11) is -4.09. The predicted molar refractivity (Wildman–Crippen MR) is 112 cm³/mol. The number of amides is 1. The Morgan fingerprint density at radius 3 is 2.39 bits per heavy atom. The third-order valence-corrected chi connectivity index (χ3v) is 6.54. The number of furan rings is 1. The normalized spacial score (nSPS) is 15.1. The molecular formula is C22H22FN3O4S. The van der Waals surface area contributed by atoms with Gasteiger partial charge in [0, 0.05) is 5.56 Å². The molecule has 2 heterocycles. The third kappa shape index (κ3) is 4.95. The number of hydrogen-bond acceptors (Lipinski definition) is 4. The summed E-state index contributed by atoms with van der Waals surface area (Å²) in [6.45, 7) is 3.61. The van der Waals surface area contributed by atoms with Gasteiger partial charge in [0.2, 0.25) is 0 Å². The molecule has 0 aliphatic carbocycles. The van der Waals surface area contributed by atoms with E-state index in [1.54, 1.807) is 11.2 Å². The molecule has 4 rings (SSSR count). The first-order valence-electron chi connectivity index (χ1n) is 9.90.